The minimum atomic E-state index is -4.96. The van der Waals surface area contributed by atoms with E-state index in [0.717, 1.165) is 89.9 Å². The first-order chi connectivity index (χ1) is 49.2. The van der Waals surface area contributed by atoms with Gasteiger partial charge >= 0.3 is 39.5 Å². The van der Waals surface area contributed by atoms with Crippen LogP contribution < -0.4 is 0 Å². The number of ether oxygens (including phenoxy) is 4. The van der Waals surface area contributed by atoms with Gasteiger partial charge in [-0.25, -0.2) is 9.13 Å². The highest BCUT2D eigenvalue weighted by Crippen LogP contribution is 2.45. The van der Waals surface area contributed by atoms with Crippen LogP contribution in [0.2, 0.25) is 0 Å². The van der Waals surface area contributed by atoms with Gasteiger partial charge in [0.2, 0.25) is 0 Å². The molecule has 0 saturated heterocycles. The van der Waals surface area contributed by atoms with Crippen molar-refractivity contribution >= 4 is 39.5 Å². The highest BCUT2D eigenvalue weighted by molar-refractivity contribution is 7.47. The van der Waals surface area contributed by atoms with Crippen LogP contribution in [0.4, 0.5) is 0 Å². The van der Waals surface area contributed by atoms with Crippen LogP contribution in [-0.2, 0) is 65.4 Å². The van der Waals surface area contributed by atoms with Crippen molar-refractivity contribution in [3.05, 3.63) is 0 Å². The fraction of sp³-hybridized carbons (Fsp3) is 0.951. The Morgan fingerprint density at radius 1 is 0.238 bits per heavy atom. The Bertz CT molecular complexity index is 1910. The van der Waals surface area contributed by atoms with Crippen molar-refractivity contribution in [2.45, 2.75) is 463 Å². The van der Waals surface area contributed by atoms with E-state index in [4.69, 9.17) is 37.0 Å². The summed E-state index contributed by atoms with van der Waals surface area (Å²) in [5.41, 5.74) is 0. The number of carbonyl (C=O) groups is 4. The Labute approximate surface area is 619 Å². The van der Waals surface area contributed by atoms with Crippen LogP contribution in [0.5, 0.6) is 0 Å². The van der Waals surface area contributed by atoms with Crippen LogP contribution in [-0.4, -0.2) is 96.7 Å². The van der Waals surface area contributed by atoms with E-state index >= 15 is 0 Å². The predicted molar refractivity (Wildman–Crippen MR) is 414 cm³/mol. The standard InChI is InChI=1S/C82H160O17P2/c1-5-9-13-17-21-25-29-32-35-37-39-41-43-46-49-53-57-61-65-69-82(87)99-78(73-93-80(85)67-63-59-55-51-47-45-42-40-38-36-33-30-26-22-18-14-10-6-2)75-97-101(90,91)95-71-76(83)70-94-100(88,89)96-74-77(72-92-79(84)66-62-58-54-50-28-24-20-16-12-8-4)98-81(86)68-64-60-56-52-48-44-34-31-27-23-19-15-11-7-3/h76-78,83H,5-75H2,1-4H3,(H,88,89)(H,90,91)/t76-,77+,78+/m0/s1. The molecule has 17 nitrogen and oxygen atoms in total. The minimum Gasteiger partial charge on any atom is -0.462 e. The smallest absolute Gasteiger partial charge is 0.462 e. The number of hydrogen-bond donors (Lipinski definition) is 3. The molecule has 19 heteroatoms. The van der Waals surface area contributed by atoms with Crippen LogP contribution in [0.3, 0.4) is 0 Å². The molecular formula is C82H160O17P2. The normalized spacial score (nSPS) is 13.8. The van der Waals surface area contributed by atoms with Crippen molar-refractivity contribution in [3.63, 3.8) is 0 Å². The fourth-order valence-corrected chi connectivity index (χ4v) is 14.4. The second-order valence-electron chi connectivity index (χ2n) is 29.5. The van der Waals surface area contributed by atoms with Gasteiger partial charge in [0, 0.05) is 25.7 Å². The van der Waals surface area contributed by atoms with E-state index in [1.165, 1.54) is 276 Å². The lowest BCUT2D eigenvalue weighted by molar-refractivity contribution is -0.161. The number of unbranched alkanes of at least 4 members (excludes halogenated alkanes) is 57. The summed E-state index contributed by atoms with van der Waals surface area (Å²) >= 11 is 0. The number of phosphoric acid groups is 2. The second-order valence-corrected chi connectivity index (χ2v) is 32.4. The van der Waals surface area contributed by atoms with Crippen molar-refractivity contribution < 1.29 is 80.2 Å². The number of esters is 4. The number of rotatable bonds is 83. The van der Waals surface area contributed by atoms with Crippen LogP contribution in [0, 0.1) is 0 Å². The molecule has 5 atom stereocenters. The molecule has 600 valence electrons. The van der Waals surface area contributed by atoms with E-state index in [9.17, 15) is 43.2 Å². The van der Waals surface area contributed by atoms with Crippen molar-refractivity contribution in [2.24, 2.45) is 0 Å². The molecule has 0 fully saturated rings. The van der Waals surface area contributed by atoms with Crippen LogP contribution in [0.15, 0.2) is 0 Å². The van der Waals surface area contributed by atoms with E-state index in [-0.39, 0.29) is 25.7 Å². The maximum Gasteiger partial charge on any atom is 0.472 e. The lowest BCUT2D eigenvalue weighted by Gasteiger charge is -2.21. The Balaban J connectivity index is 5.22. The van der Waals surface area contributed by atoms with Crippen LogP contribution >= 0.6 is 15.6 Å². The first-order valence-corrected chi connectivity index (χ1v) is 45.8. The van der Waals surface area contributed by atoms with E-state index in [0.29, 0.717) is 25.7 Å². The molecular weight excluding hydrogens is 1320 g/mol. The molecule has 0 radical (unpaired) electrons. The molecule has 0 aromatic rings. The van der Waals surface area contributed by atoms with Gasteiger partial charge in [-0.05, 0) is 25.7 Å². The molecule has 0 aliphatic rings. The highest BCUT2D eigenvalue weighted by atomic mass is 31.2. The summed E-state index contributed by atoms with van der Waals surface area (Å²) in [6, 6.07) is 0. The molecule has 0 heterocycles. The van der Waals surface area contributed by atoms with Gasteiger partial charge in [0.1, 0.15) is 19.3 Å². The number of phosphoric ester groups is 2. The quantitative estimate of drug-likeness (QED) is 0.0222. The van der Waals surface area contributed by atoms with E-state index in [2.05, 4.69) is 27.7 Å². The average molecular weight is 1480 g/mol. The van der Waals surface area contributed by atoms with Crippen LogP contribution in [0.1, 0.15) is 445 Å². The van der Waals surface area contributed by atoms with Gasteiger partial charge in [-0.1, -0.05) is 394 Å². The summed E-state index contributed by atoms with van der Waals surface area (Å²) in [5.74, 6) is -2.10. The molecule has 0 bridgehead atoms. The summed E-state index contributed by atoms with van der Waals surface area (Å²) in [5, 5.41) is 10.6. The number of carbonyl (C=O) groups excluding carboxylic acids is 4. The van der Waals surface area contributed by atoms with Crippen molar-refractivity contribution in [2.75, 3.05) is 39.6 Å². The van der Waals surface area contributed by atoms with Gasteiger partial charge in [0.05, 0.1) is 26.4 Å². The molecule has 0 rings (SSSR count). The zero-order chi connectivity index (χ0) is 73.9. The Kier molecular flexibility index (Phi) is 74.8. The SMILES string of the molecule is CCCCCCCCCCCCCCCCCCCCCC(=O)O[C@H](COC(=O)CCCCCCCCCCCCCCCCCCCC)COP(=O)(O)OC[C@@H](O)COP(=O)(O)OC[C@@H](COC(=O)CCCCCCCCCCCC)OC(=O)CCCCCCCCCCCCCCCC. The topological polar surface area (TPSA) is 237 Å². The van der Waals surface area contributed by atoms with Crippen LogP contribution in [0.25, 0.3) is 0 Å². The zero-order valence-electron chi connectivity index (χ0n) is 65.9. The Morgan fingerprint density at radius 3 is 0.584 bits per heavy atom. The zero-order valence-corrected chi connectivity index (χ0v) is 67.7. The van der Waals surface area contributed by atoms with Gasteiger partial charge in [0.25, 0.3) is 0 Å². The molecule has 3 N–H and O–H groups in total. The Morgan fingerprint density at radius 2 is 0.396 bits per heavy atom. The van der Waals surface area contributed by atoms with Gasteiger partial charge in [-0.3, -0.25) is 37.3 Å². The first-order valence-electron chi connectivity index (χ1n) is 42.8. The molecule has 0 aromatic heterocycles. The van der Waals surface area contributed by atoms with Gasteiger partial charge in [-0.2, -0.15) is 0 Å². The number of hydrogen-bond acceptors (Lipinski definition) is 15. The molecule has 0 aromatic carbocycles. The largest absolute Gasteiger partial charge is 0.472 e. The average Bonchev–Trinajstić information content (AvgIpc) is 0.939. The van der Waals surface area contributed by atoms with Gasteiger partial charge < -0.3 is 33.8 Å². The van der Waals surface area contributed by atoms with Gasteiger partial charge in [0.15, 0.2) is 12.2 Å². The third-order valence-corrected chi connectivity index (χ3v) is 21.3. The monoisotopic (exact) mass is 1480 g/mol. The molecule has 101 heavy (non-hydrogen) atoms. The third kappa shape index (κ3) is 76.1. The third-order valence-electron chi connectivity index (χ3n) is 19.4. The number of aliphatic hydroxyl groups is 1. The summed E-state index contributed by atoms with van der Waals surface area (Å²) in [4.78, 5) is 73.0. The predicted octanol–water partition coefficient (Wildman–Crippen LogP) is 25.0. The molecule has 0 spiro atoms. The summed E-state index contributed by atoms with van der Waals surface area (Å²) in [6.07, 6.45) is 69.3. The Hall–Kier alpha value is -1.94. The molecule has 0 amide bonds. The molecule has 0 saturated carbocycles. The highest BCUT2D eigenvalue weighted by Gasteiger charge is 2.30. The van der Waals surface area contributed by atoms with Gasteiger partial charge in [-0.15, -0.1) is 0 Å². The lowest BCUT2D eigenvalue weighted by Crippen LogP contribution is -2.30. The lowest BCUT2D eigenvalue weighted by atomic mass is 10.0. The van der Waals surface area contributed by atoms with E-state index in [1.807, 2.05) is 0 Å². The summed E-state index contributed by atoms with van der Waals surface area (Å²) < 4.78 is 68.7. The van der Waals surface area contributed by atoms with E-state index < -0.39 is 97.5 Å². The molecule has 2 unspecified atom stereocenters. The summed E-state index contributed by atoms with van der Waals surface area (Å²) in [6.45, 7) is 5.03. The number of aliphatic hydroxyl groups excluding tert-OH is 1. The van der Waals surface area contributed by atoms with Crippen molar-refractivity contribution in [3.8, 4) is 0 Å². The maximum absolute atomic E-state index is 13.1. The van der Waals surface area contributed by atoms with Crippen molar-refractivity contribution in [1.82, 2.24) is 0 Å². The maximum atomic E-state index is 13.1. The molecule has 0 aliphatic carbocycles. The van der Waals surface area contributed by atoms with E-state index in [1.54, 1.807) is 0 Å². The fourth-order valence-electron chi connectivity index (χ4n) is 12.8. The minimum absolute atomic E-state index is 0.109. The first kappa shape index (κ1) is 99.1. The van der Waals surface area contributed by atoms with Crippen molar-refractivity contribution in [1.29, 1.82) is 0 Å². The summed E-state index contributed by atoms with van der Waals surface area (Å²) in [7, 11) is -9.92. The molecule has 0 aliphatic heterocycles. The second kappa shape index (κ2) is 76.3.